The predicted octanol–water partition coefficient (Wildman–Crippen LogP) is 6.84. The van der Waals surface area contributed by atoms with E-state index in [0.29, 0.717) is 5.56 Å². The third-order valence-corrected chi connectivity index (χ3v) is 5.28. The van der Waals surface area contributed by atoms with Crippen LogP contribution in [0.15, 0.2) is 65.8 Å². The van der Waals surface area contributed by atoms with E-state index in [9.17, 15) is 28.2 Å². The molecule has 6 nitrogen and oxygen atoms in total. The molecule has 14 heteroatoms. The molecule has 0 aliphatic heterocycles. The zero-order valence-corrected chi connectivity index (χ0v) is 16.3. The lowest BCUT2D eigenvalue weighted by molar-refractivity contribution is -0.0498. The fourth-order valence-electron chi connectivity index (χ4n) is 2.75. The minimum atomic E-state index is -9.81. The van der Waals surface area contributed by atoms with E-state index in [1.807, 2.05) is 0 Å². The second kappa shape index (κ2) is 6.72. The minimum Gasteiger partial charge on any atom is -0.439 e. The summed E-state index contributed by atoms with van der Waals surface area (Å²) in [5, 5.41) is 7.89. The van der Waals surface area contributed by atoms with Gasteiger partial charge in [-0.05, 0) is 48.5 Å². The molecule has 0 fully saturated rings. The van der Waals surface area contributed by atoms with Crippen molar-refractivity contribution in [2.75, 3.05) is 0 Å². The van der Waals surface area contributed by atoms with Crippen molar-refractivity contribution in [1.29, 1.82) is 0 Å². The van der Waals surface area contributed by atoms with Crippen LogP contribution in [0.1, 0.15) is 0 Å². The summed E-state index contributed by atoms with van der Waals surface area (Å²) >= 11 is 0. The molecule has 0 N–H and O–H groups in total. The molecule has 0 spiro atoms. The zero-order chi connectivity index (χ0) is 23.2. The van der Waals surface area contributed by atoms with Crippen molar-refractivity contribution in [3.8, 4) is 28.8 Å². The maximum Gasteiger partial charge on any atom is 0.387 e. The number of hydrogen-bond acceptors (Lipinski definition) is 5. The lowest BCUT2D eigenvalue weighted by Crippen LogP contribution is -2.05. The molecule has 32 heavy (non-hydrogen) atoms. The Morgan fingerprint density at radius 1 is 0.781 bits per heavy atom. The van der Waals surface area contributed by atoms with E-state index in [-0.39, 0.29) is 41.0 Å². The van der Waals surface area contributed by atoms with Crippen LogP contribution >= 0.6 is 10.2 Å². The van der Waals surface area contributed by atoms with Gasteiger partial charge in [0.25, 0.3) is 0 Å². The molecule has 0 amide bonds. The zero-order valence-electron chi connectivity index (χ0n) is 15.5. The van der Waals surface area contributed by atoms with E-state index in [4.69, 9.17) is 4.74 Å². The van der Waals surface area contributed by atoms with Crippen molar-refractivity contribution in [1.82, 2.24) is 19.6 Å². The van der Waals surface area contributed by atoms with E-state index < -0.39 is 21.7 Å². The summed E-state index contributed by atoms with van der Waals surface area (Å²) in [6.45, 7) is -2.99. The van der Waals surface area contributed by atoms with E-state index in [2.05, 4.69) is 19.9 Å². The smallest absolute Gasteiger partial charge is 0.387 e. The summed E-state index contributed by atoms with van der Waals surface area (Å²) in [7, 11) is -9.81. The first kappa shape index (κ1) is 21.7. The molecule has 0 radical (unpaired) electrons. The summed E-state index contributed by atoms with van der Waals surface area (Å²) in [5.74, 6) is -0.0925. The maximum atomic E-state index is 12.9. The number of halogens is 7. The first-order valence-electron chi connectivity index (χ1n) is 8.56. The highest BCUT2D eigenvalue weighted by molar-refractivity contribution is 8.45. The quantitative estimate of drug-likeness (QED) is 0.283. The van der Waals surface area contributed by atoms with E-state index in [1.54, 1.807) is 0 Å². The molecule has 2 aromatic carbocycles. The SMILES string of the molecule is FC(F)Oc1ccc(-c2nnc3cncc(Oc4ccc(S(F)(F)(F)(F)F)cc4)n23)cc1. The van der Waals surface area contributed by atoms with Crippen LogP contribution in [0, 0.1) is 0 Å². The largest absolute Gasteiger partial charge is 0.439 e. The first-order valence-corrected chi connectivity index (χ1v) is 10.5. The van der Waals surface area contributed by atoms with Crippen LogP contribution in [0.5, 0.6) is 17.4 Å². The Labute approximate surface area is 175 Å². The summed E-state index contributed by atoms with van der Waals surface area (Å²) < 4.78 is 100. The Bertz CT molecular complexity index is 1280. The Kier molecular flexibility index (Phi) is 4.55. The highest BCUT2D eigenvalue weighted by Gasteiger charge is 2.65. The van der Waals surface area contributed by atoms with Gasteiger partial charge < -0.3 is 9.47 Å². The van der Waals surface area contributed by atoms with Crippen LogP contribution in [0.3, 0.4) is 0 Å². The van der Waals surface area contributed by atoms with Gasteiger partial charge in [0.05, 0.1) is 12.4 Å². The second-order valence-corrected chi connectivity index (χ2v) is 8.82. The number of benzene rings is 2. The molecule has 4 aromatic rings. The van der Waals surface area contributed by atoms with Crippen molar-refractivity contribution < 1.29 is 37.7 Å². The molecular formula is C18H11F7N4O2S. The summed E-state index contributed by atoms with van der Waals surface area (Å²) in [6, 6.07) is 7.35. The first-order chi connectivity index (χ1) is 14.8. The lowest BCUT2D eigenvalue weighted by Gasteiger charge is -2.40. The molecule has 4 rings (SSSR count). The van der Waals surface area contributed by atoms with Gasteiger partial charge in [-0.15, -0.1) is 10.2 Å². The summed E-state index contributed by atoms with van der Waals surface area (Å²) in [4.78, 5) is 1.84. The van der Waals surface area contributed by atoms with Gasteiger partial charge in [0.2, 0.25) is 5.88 Å². The van der Waals surface area contributed by atoms with Crippen LogP contribution in [0.2, 0.25) is 0 Å². The normalized spacial score (nSPS) is 14.2. The average Bonchev–Trinajstić information content (AvgIpc) is 3.12. The number of nitrogens with zero attached hydrogens (tertiary/aromatic N) is 4. The number of fused-ring (bicyclic) bond motifs is 1. The molecule has 0 aliphatic carbocycles. The van der Waals surface area contributed by atoms with Gasteiger partial charge >= 0.3 is 16.8 Å². The minimum absolute atomic E-state index is 0.0319. The van der Waals surface area contributed by atoms with E-state index in [1.165, 1.54) is 41.1 Å². The molecule has 2 aromatic heterocycles. The van der Waals surface area contributed by atoms with Gasteiger partial charge in [-0.2, -0.15) is 8.78 Å². The molecule has 0 bridgehead atoms. The molecule has 0 saturated heterocycles. The Balaban J connectivity index is 1.68. The van der Waals surface area contributed by atoms with E-state index >= 15 is 0 Å². The Hall–Kier alpha value is -3.55. The topological polar surface area (TPSA) is 61.5 Å². The van der Waals surface area contributed by atoms with Gasteiger partial charge in [-0.3, -0.25) is 4.98 Å². The standard InChI is InChI=1S/C18H11F7N4O2S/c19-18(20)31-13-3-1-11(2-4-13)17-28-27-15-9-26-10-16(29(15)17)30-12-5-7-14(8-6-12)32(21,22,23,24)25/h1-10,18H. The predicted molar refractivity (Wildman–Crippen MR) is 101 cm³/mol. The van der Waals surface area contributed by atoms with Gasteiger partial charge in [-0.1, -0.05) is 19.4 Å². The fraction of sp³-hybridized carbons (Fsp3) is 0.0556. The van der Waals surface area contributed by atoms with Gasteiger partial charge in [-0.25, -0.2) is 4.40 Å². The number of hydrogen-bond donors (Lipinski definition) is 0. The molecule has 0 atom stereocenters. The molecule has 2 heterocycles. The highest BCUT2D eigenvalue weighted by Crippen LogP contribution is 3.02. The fourth-order valence-corrected chi connectivity index (χ4v) is 3.40. The Morgan fingerprint density at radius 3 is 2.00 bits per heavy atom. The second-order valence-electron chi connectivity index (χ2n) is 6.41. The molecular weight excluding hydrogens is 469 g/mol. The van der Waals surface area contributed by atoms with Crippen LogP contribution < -0.4 is 9.47 Å². The van der Waals surface area contributed by atoms with Crippen molar-refractivity contribution in [3.63, 3.8) is 0 Å². The van der Waals surface area contributed by atoms with Crippen molar-refractivity contribution in [2.45, 2.75) is 11.5 Å². The summed E-state index contributed by atoms with van der Waals surface area (Å²) in [5.41, 5.74) is 0.625. The van der Waals surface area contributed by atoms with Crippen LogP contribution in [-0.4, -0.2) is 26.2 Å². The third kappa shape index (κ3) is 4.54. The highest BCUT2D eigenvalue weighted by atomic mass is 32.5. The van der Waals surface area contributed by atoms with Gasteiger partial charge in [0, 0.05) is 5.56 Å². The van der Waals surface area contributed by atoms with E-state index in [0.717, 1.165) is 12.1 Å². The molecule has 0 unspecified atom stereocenters. The molecule has 170 valence electrons. The van der Waals surface area contributed by atoms with Crippen LogP contribution in [0.4, 0.5) is 28.2 Å². The van der Waals surface area contributed by atoms with Gasteiger partial charge in [0.1, 0.15) is 16.4 Å². The van der Waals surface area contributed by atoms with Crippen molar-refractivity contribution >= 4 is 15.9 Å². The monoisotopic (exact) mass is 480 g/mol. The molecule has 0 saturated carbocycles. The molecule has 0 aliphatic rings. The van der Waals surface area contributed by atoms with Crippen molar-refractivity contribution in [3.05, 3.63) is 60.9 Å². The number of alkyl halides is 2. The van der Waals surface area contributed by atoms with Crippen molar-refractivity contribution in [2.24, 2.45) is 0 Å². The van der Waals surface area contributed by atoms with Gasteiger partial charge in [0.15, 0.2) is 11.5 Å². The maximum absolute atomic E-state index is 12.9. The van der Waals surface area contributed by atoms with Crippen LogP contribution in [0.25, 0.3) is 17.0 Å². The third-order valence-electron chi connectivity index (χ3n) is 4.11. The lowest BCUT2D eigenvalue weighted by atomic mass is 10.2. The number of aromatic nitrogens is 4. The number of ether oxygens (including phenoxy) is 2. The Morgan fingerprint density at radius 2 is 1.41 bits per heavy atom. The number of rotatable bonds is 6. The van der Waals surface area contributed by atoms with Crippen LogP contribution in [-0.2, 0) is 0 Å². The average molecular weight is 480 g/mol. The summed E-state index contributed by atoms with van der Waals surface area (Å²) in [6.07, 6.45) is 2.54.